The number of carbonyl (C=O) groups is 4. The molecule has 4 saturated carbocycles. The van der Waals surface area contributed by atoms with Crippen LogP contribution in [0.5, 0.6) is 0 Å². The summed E-state index contributed by atoms with van der Waals surface area (Å²) in [4.78, 5) is 50.1. The van der Waals surface area contributed by atoms with E-state index in [1.165, 1.54) is 20.8 Å². The summed E-state index contributed by atoms with van der Waals surface area (Å²) in [5.74, 6) is -2.56. The third-order valence-corrected chi connectivity index (χ3v) is 13.9. The molecule has 11 heteroatoms. The highest BCUT2D eigenvalue weighted by Gasteiger charge is 2.69. The van der Waals surface area contributed by atoms with E-state index in [0.29, 0.717) is 17.5 Å². The number of hydrogen-bond acceptors (Lipinski definition) is 10. The lowest BCUT2D eigenvalue weighted by Crippen LogP contribution is -2.61. The fraction of sp³-hybridized carbons (Fsp3) is 0.722. The molecule has 0 aliphatic heterocycles. The van der Waals surface area contributed by atoms with Crippen LogP contribution in [0.4, 0.5) is 0 Å². The van der Waals surface area contributed by atoms with Crippen LogP contribution in [0.25, 0.3) is 0 Å². The molecule has 0 bridgehead atoms. The number of ether oxygens (including phenoxy) is 3. The Morgan fingerprint density at radius 2 is 1.49 bits per heavy atom. The van der Waals surface area contributed by atoms with Crippen LogP contribution < -0.4 is 0 Å². The molecule has 0 aromatic heterocycles. The zero-order valence-corrected chi connectivity index (χ0v) is 29.7. The van der Waals surface area contributed by atoms with E-state index in [9.17, 15) is 27.6 Å². The third kappa shape index (κ3) is 6.51. The summed E-state index contributed by atoms with van der Waals surface area (Å²) in [6, 6.07) is 3.63. The number of benzene rings is 1. The van der Waals surface area contributed by atoms with Gasteiger partial charge in [-0.25, -0.2) is 0 Å². The number of hydrogen-bond donors (Lipinski definition) is 0. The first kappa shape index (κ1) is 35.5. The lowest BCUT2D eigenvalue weighted by atomic mass is 9.43. The molecule has 4 fully saturated rings. The molecule has 0 heterocycles. The van der Waals surface area contributed by atoms with Gasteiger partial charge in [0.05, 0.1) is 11.0 Å². The fourth-order valence-corrected chi connectivity index (χ4v) is 12.1. The summed E-state index contributed by atoms with van der Waals surface area (Å²) in [6.45, 7) is 13.2. The molecule has 260 valence electrons. The monoisotopic (exact) mass is 674 g/mol. The maximum Gasteiger partial charge on any atom is 0.303 e. The van der Waals surface area contributed by atoms with Crippen LogP contribution in [0.1, 0.15) is 96.3 Å². The Morgan fingerprint density at radius 3 is 2.09 bits per heavy atom. The number of esters is 3. The molecule has 4 unspecified atom stereocenters. The van der Waals surface area contributed by atoms with Gasteiger partial charge in [-0.2, -0.15) is 8.42 Å². The maximum absolute atomic E-state index is 14.1. The van der Waals surface area contributed by atoms with Crippen LogP contribution in [0.15, 0.2) is 17.0 Å². The number of fused-ring (bicyclic) bond motifs is 5. The summed E-state index contributed by atoms with van der Waals surface area (Å²) in [5.41, 5.74) is 0.980. The van der Waals surface area contributed by atoms with Crippen molar-refractivity contribution >= 4 is 33.8 Å². The summed E-state index contributed by atoms with van der Waals surface area (Å²) in [5, 5.41) is 0. The highest BCUT2D eigenvalue weighted by atomic mass is 32.2. The quantitative estimate of drug-likeness (QED) is 0.196. The Balaban J connectivity index is 1.58. The van der Waals surface area contributed by atoms with Crippen molar-refractivity contribution in [2.75, 3.05) is 6.61 Å². The van der Waals surface area contributed by atoms with Crippen molar-refractivity contribution in [3.63, 3.8) is 0 Å². The van der Waals surface area contributed by atoms with Crippen LogP contribution in [0.3, 0.4) is 0 Å². The molecule has 1 aromatic rings. The third-order valence-electron chi connectivity index (χ3n) is 12.2. The van der Waals surface area contributed by atoms with Crippen molar-refractivity contribution in [2.45, 2.75) is 124 Å². The van der Waals surface area contributed by atoms with Gasteiger partial charge in [0.25, 0.3) is 10.1 Å². The summed E-state index contributed by atoms with van der Waals surface area (Å²) in [6.07, 6.45) is 2.86. The predicted molar refractivity (Wildman–Crippen MR) is 171 cm³/mol. The predicted octanol–water partition coefficient (Wildman–Crippen LogP) is 5.56. The van der Waals surface area contributed by atoms with Crippen LogP contribution >= 0.6 is 0 Å². The normalized spacial score (nSPS) is 36.3. The van der Waals surface area contributed by atoms with Gasteiger partial charge in [0.15, 0.2) is 5.78 Å². The molecule has 0 N–H and O–H groups in total. The van der Waals surface area contributed by atoms with E-state index in [2.05, 4.69) is 6.92 Å². The van der Waals surface area contributed by atoms with Crippen molar-refractivity contribution in [1.82, 2.24) is 0 Å². The second-order valence-electron chi connectivity index (χ2n) is 15.1. The SMILES string of the molecule is CC(=O)OCC(=O)[C@H]1CC(OS(=O)(=O)c2c(C)cc(C)cc2C)[C@H]2[C@@H]3CCC4CC(OC(C)=O)CC[C@]4(C)[C@H]3CC(OC(C)=O)[C@]12C. The maximum atomic E-state index is 14.1. The number of rotatable bonds is 8. The second-order valence-corrected chi connectivity index (χ2v) is 16.6. The van der Waals surface area contributed by atoms with Crippen LogP contribution in [0.2, 0.25) is 0 Å². The Hall–Kier alpha value is -2.79. The number of Topliss-reactive ketones (excluding diaryl/α,β-unsaturated/α-hetero) is 1. The van der Waals surface area contributed by atoms with Crippen molar-refractivity contribution in [1.29, 1.82) is 0 Å². The molecule has 10 nitrogen and oxygen atoms in total. The molecular formula is C36H50O10S. The average Bonchev–Trinajstić information content (AvgIpc) is 3.23. The molecule has 0 saturated heterocycles. The van der Waals surface area contributed by atoms with Crippen molar-refractivity contribution in [3.05, 3.63) is 28.8 Å². The number of aryl methyl sites for hydroxylation is 3. The Morgan fingerprint density at radius 1 is 0.851 bits per heavy atom. The van der Waals surface area contributed by atoms with Gasteiger partial charge < -0.3 is 14.2 Å². The summed E-state index contributed by atoms with van der Waals surface area (Å²) < 4.78 is 51.4. The van der Waals surface area contributed by atoms with Gasteiger partial charge in [-0.1, -0.05) is 31.5 Å². The zero-order chi connectivity index (χ0) is 34.6. The van der Waals surface area contributed by atoms with E-state index >= 15 is 0 Å². The van der Waals surface area contributed by atoms with E-state index in [1.54, 1.807) is 13.8 Å². The molecule has 0 spiro atoms. The van der Waals surface area contributed by atoms with Gasteiger partial charge in [-0.05, 0) is 106 Å². The van der Waals surface area contributed by atoms with Gasteiger partial charge in [0, 0.05) is 32.1 Å². The van der Waals surface area contributed by atoms with Crippen LogP contribution in [0, 0.1) is 61.2 Å². The molecule has 47 heavy (non-hydrogen) atoms. The zero-order valence-electron chi connectivity index (χ0n) is 28.9. The number of carbonyl (C=O) groups excluding carboxylic acids is 4. The summed E-state index contributed by atoms with van der Waals surface area (Å²) in [7, 11) is -4.26. The lowest BCUT2D eigenvalue weighted by molar-refractivity contribution is -0.201. The first-order valence-electron chi connectivity index (χ1n) is 16.9. The highest BCUT2D eigenvalue weighted by Crippen LogP contribution is 2.68. The van der Waals surface area contributed by atoms with Crippen molar-refractivity contribution < 1.29 is 46.0 Å². The molecule has 0 amide bonds. The van der Waals surface area contributed by atoms with Crippen LogP contribution in [-0.4, -0.2) is 57.0 Å². The molecule has 4 aliphatic carbocycles. The second kappa shape index (κ2) is 12.9. The van der Waals surface area contributed by atoms with E-state index in [0.717, 1.165) is 37.7 Å². The minimum Gasteiger partial charge on any atom is -0.463 e. The Bertz CT molecular complexity index is 1530. The Labute approximate surface area is 278 Å². The van der Waals surface area contributed by atoms with Gasteiger partial charge in [0.2, 0.25) is 0 Å². The van der Waals surface area contributed by atoms with Crippen molar-refractivity contribution in [2.24, 2.45) is 40.4 Å². The van der Waals surface area contributed by atoms with E-state index in [4.69, 9.17) is 18.4 Å². The van der Waals surface area contributed by atoms with Gasteiger partial charge in [0.1, 0.15) is 18.8 Å². The van der Waals surface area contributed by atoms with Gasteiger partial charge in [-0.3, -0.25) is 23.4 Å². The van der Waals surface area contributed by atoms with Gasteiger partial charge in [-0.15, -0.1) is 0 Å². The molecular weight excluding hydrogens is 624 g/mol. The first-order valence-corrected chi connectivity index (χ1v) is 18.3. The van der Waals surface area contributed by atoms with Gasteiger partial charge >= 0.3 is 17.9 Å². The molecule has 4 aliphatic rings. The minimum atomic E-state index is -4.26. The standard InChI is InChI=1S/C36H50O10S/c1-19-13-20(2)34(21(3)14-19)47(41,42)46-31-16-29(30(40)18-43-22(4)37)36(8)32(45-24(6)39)17-28-27(33(31)36)10-9-25-15-26(44-23(5)38)11-12-35(25,28)7/h13-14,25-29,31-33H,9-12,15-18H2,1-8H3/t25?,26?,27-,28+,29-,31?,32?,33-,35+,36+/m1/s1. The lowest BCUT2D eigenvalue weighted by Gasteiger charge is -2.62. The first-order chi connectivity index (χ1) is 21.9. The number of ketones is 1. The highest BCUT2D eigenvalue weighted by molar-refractivity contribution is 7.86. The smallest absolute Gasteiger partial charge is 0.303 e. The summed E-state index contributed by atoms with van der Waals surface area (Å²) >= 11 is 0. The molecule has 10 atom stereocenters. The van der Waals surface area contributed by atoms with Crippen molar-refractivity contribution in [3.8, 4) is 0 Å². The Kier molecular flexibility index (Phi) is 9.76. The largest absolute Gasteiger partial charge is 0.463 e. The molecule has 5 rings (SSSR count). The van der Waals surface area contributed by atoms with E-state index < -0.39 is 58.1 Å². The van der Waals surface area contributed by atoms with E-state index in [1.807, 2.05) is 26.0 Å². The van der Waals surface area contributed by atoms with Crippen LogP contribution in [-0.2, 0) is 47.7 Å². The average molecular weight is 675 g/mol. The van der Waals surface area contributed by atoms with E-state index in [-0.39, 0.29) is 52.3 Å². The minimum absolute atomic E-state index is 0.00901. The molecule has 1 aromatic carbocycles. The fourth-order valence-electron chi connectivity index (χ4n) is 10.5. The topological polar surface area (TPSA) is 139 Å². The molecule has 0 radical (unpaired) electrons.